The second-order valence-electron chi connectivity index (χ2n) is 8.89. The van der Waals surface area contributed by atoms with Crippen molar-refractivity contribution in [2.24, 2.45) is 0 Å². The van der Waals surface area contributed by atoms with Crippen molar-refractivity contribution in [3.63, 3.8) is 0 Å². The van der Waals surface area contributed by atoms with E-state index in [1.807, 2.05) is 74.4 Å². The summed E-state index contributed by atoms with van der Waals surface area (Å²) in [7, 11) is 7.94. The Balaban J connectivity index is 1.53. The predicted molar refractivity (Wildman–Crippen MR) is 147 cm³/mol. The van der Waals surface area contributed by atoms with Crippen LogP contribution in [-0.4, -0.2) is 107 Å². The summed E-state index contributed by atoms with van der Waals surface area (Å²) in [6.07, 6.45) is 0. The smallest absolute Gasteiger partial charge is 0.163 e. The van der Waals surface area contributed by atoms with Crippen molar-refractivity contribution in [1.82, 2.24) is 0 Å². The molecular weight excluding hydrogens is 492 g/mol. The Morgan fingerprint density at radius 1 is 0.395 bits per heavy atom. The van der Waals surface area contributed by atoms with Crippen molar-refractivity contribution in [2.75, 3.05) is 117 Å². The van der Waals surface area contributed by atoms with E-state index in [1.54, 1.807) is 0 Å². The molecule has 212 valence electrons. The number of anilines is 2. The second-order valence-corrected chi connectivity index (χ2v) is 8.89. The Morgan fingerprint density at radius 2 is 0.684 bits per heavy atom. The Morgan fingerprint density at radius 3 is 1.00 bits per heavy atom. The summed E-state index contributed by atoms with van der Waals surface area (Å²) in [5, 5.41) is 0. The molecule has 38 heavy (non-hydrogen) atoms. The van der Waals surface area contributed by atoms with E-state index in [-0.39, 0.29) is 0 Å². The molecule has 0 saturated heterocycles. The van der Waals surface area contributed by atoms with Gasteiger partial charge in [0, 0.05) is 51.7 Å². The van der Waals surface area contributed by atoms with Gasteiger partial charge in [-0.15, -0.1) is 0 Å². The zero-order valence-electron chi connectivity index (χ0n) is 23.1. The number of hydrogen-bond acceptors (Lipinski definition) is 10. The van der Waals surface area contributed by atoms with Gasteiger partial charge >= 0.3 is 0 Å². The predicted octanol–water partition coefficient (Wildman–Crippen LogP) is 3.11. The maximum absolute atomic E-state index is 5.96. The lowest BCUT2D eigenvalue weighted by Crippen LogP contribution is -2.16. The first-order valence-electron chi connectivity index (χ1n) is 13.0. The molecule has 3 rings (SSSR count). The highest BCUT2D eigenvalue weighted by Gasteiger charge is 2.10. The Labute approximate surface area is 226 Å². The van der Waals surface area contributed by atoms with Crippen molar-refractivity contribution in [2.45, 2.75) is 0 Å². The summed E-state index contributed by atoms with van der Waals surface area (Å²) in [6.45, 7) is 5.22. The average molecular weight is 535 g/mol. The van der Waals surface area contributed by atoms with Crippen LogP contribution in [0.25, 0.3) is 0 Å². The number of benzene rings is 2. The molecule has 0 aromatic heterocycles. The summed E-state index contributed by atoms with van der Waals surface area (Å²) in [5.41, 5.74) is 2.05. The lowest BCUT2D eigenvalue weighted by atomic mass is 10.2. The molecular formula is C28H42N2O8. The first-order valence-corrected chi connectivity index (χ1v) is 13.0. The summed E-state index contributed by atoms with van der Waals surface area (Å²) in [5.74, 6) is 2.68. The fourth-order valence-electron chi connectivity index (χ4n) is 3.50. The van der Waals surface area contributed by atoms with Crippen LogP contribution in [0, 0.1) is 0 Å². The van der Waals surface area contributed by atoms with E-state index in [2.05, 4.69) is 0 Å². The number of ether oxygens (including phenoxy) is 8. The summed E-state index contributed by atoms with van der Waals surface area (Å²) in [6, 6.07) is 11.7. The molecule has 10 heteroatoms. The molecule has 2 aromatic carbocycles. The molecule has 0 atom stereocenters. The van der Waals surface area contributed by atoms with E-state index < -0.39 is 0 Å². The van der Waals surface area contributed by atoms with Gasteiger partial charge in [-0.05, 0) is 24.3 Å². The molecule has 0 N–H and O–H groups in total. The quantitative estimate of drug-likeness (QED) is 0.573. The number of fused-ring (bicyclic) bond motifs is 2. The van der Waals surface area contributed by atoms with Crippen LogP contribution in [0.15, 0.2) is 36.4 Å². The van der Waals surface area contributed by atoms with Crippen molar-refractivity contribution in [3.8, 4) is 23.0 Å². The van der Waals surface area contributed by atoms with Crippen LogP contribution in [0.4, 0.5) is 11.4 Å². The molecule has 1 aliphatic rings. The topological polar surface area (TPSA) is 80.3 Å². The fourth-order valence-corrected chi connectivity index (χ4v) is 3.50. The number of hydrogen-bond donors (Lipinski definition) is 0. The highest BCUT2D eigenvalue weighted by molar-refractivity contribution is 5.56. The molecule has 0 radical (unpaired) electrons. The third-order valence-electron chi connectivity index (χ3n) is 5.57. The molecule has 0 fully saturated rings. The van der Waals surface area contributed by atoms with Crippen molar-refractivity contribution < 1.29 is 37.9 Å². The zero-order chi connectivity index (χ0) is 27.0. The van der Waals surface area contributed by atoms with Crippen LogP contribution in [0.1, 0.15) is 0 Å². The van der Waals surface area contributed by atoms with Crippen LogP contribution in [0.2, 0.25) is 0 Å². The van der Waals surface area contributed by atoms with Gasteiger partial charge in [-0.1, -0.05) is 0 Å². The van der Waals surface area contributed by atoms with Gasteiger partial charge in [-0.2, -0.15) is 0 Å². The average Bonchev–Trinajstić information content (AvgIpc) is 2.91. The van der Waals surface area contributed by atoms with E-state index >= 15 is 0 Å². The van der Waals surface area contributed by atoms with E-state index in [9.17, 15) is 0 Å². The number of rotatable bonds is 2. The SMILES string of the molecule is CN(C)c1ccc2c(c1)OCCOCCOCCOc1ccc(N(C)C)cc1OCCOCCOCCO2. The van der Waals surface area contributed by atoms with E-state index in [0.29, 0.717) is 102 Å². The summed E-state index contributed by atoms with van der Waals surface area (Å²) >= 11 is 0. The van der Waals surface area contributed by atoms with Gasteiger partial charge in [0.2, 0.25) is 0 Å². The monoisotopic (exact) mass is 534 g/mol. The van der Waals surface area contributed by atoms with Crippen molar-refractivity contribution in [3.05, 3.63) is 36.4 Å². The summed E-state index contributed by atoms with van der Waals surface area (Å²) in [4.78, 5) is 4.03. The molecule has 0 amide bonds. The summed E-state index contributed by atoms with van der Waals surface area (Å²) < 4.78 is 46.4. The van der Waals surface area contributed by atoms with Gasteiger partial charge in [0.25, 0.3) is 0 Å². The van der Waals surface area contributed by atoms with Gasteiger partial charge in [0.15, 0.2) is 23.0 Å². The van der Waals surface area contributed by atoms with Gasteiger partial charge < -0.3 is 47.7 Å². The molecule has 1 aliphatic heterocycles. The minimum absolute atomic E-state index is 0.399. The molecule has 10 nitrogen and oxygen atoms in total. The van der Waals surface area contributed by atoms with Crippen LogP contribution in [0.5, 0.6) is 23.0 Å². The van der Waals surface area contributed by atoms with Crippen LogP contribution in [0.3, 0.4) is 0 Å². The van der Waals surface area contributed by atoms with Gasteiger partial charge in [0.05, 0.1) is 52.9 Å². The third-order valence-corrected chi connectivity index (χ3v) is 5.57. The van der Waals surface area contributed by atoms with E-state index in [0.717, 1.165) is 11.4 Å². The minimum atomic E-state index is 0.399. The molecule has 0 bridgehead atoms. The molecule has 0 spiro atoms. The van der Waals surface area contributed by atoms with Gasteiger partial charge in [-0.3, -0.25) is 0 Å². The lowest BCUT2D eigenvalue weighted by molar-refractivity contribution is 0.0223. The largest absolute Gasteiger partial charge is 0.487 e. The van der Waals surface area contributed by atoms with Crippen LogP contribution < -0.4 is 28.7 Å². The molecule has 1 heterocycles. The van der Waals surface area contributed by atoms with Crippen molar-refractivity contribution in [1.29, 1.82) is 0 Å². The van der Waals surface area contributed by atoms with Gasteiger partial charge in [0.1, 0.15) is 26.4 Å². The molecule has 0 unspecified atom stereocenters. The normalized spacial score (nSPS) is 17.2. The Hall–Kier alpha value is -2.92. The second kappa shape index (κ2) is 16.8. The first kappa shape index (κ1) is 29.6. The van der Waals surface area contributed by atoms with E-state index in [4.69, 9.17) is 37.9 Å². The van der Waals surface area contributed by atoms with E-state index in [1.165, 1.54) is 0 Å². The zero-order valence-corrected chi connectivity index (χ0v) is 23.1. The highest BCUT2D eigenvalue weighted by Crippen LogP contribution is 2.32. The maximum atomic E-state index is 5.96. The lowest BCUT2D eigenvalue weighted by Gasteiger charge is -2.18. The molecule has 0 aliphatic carbocycles. The fraction of sp³-hybridized carbons (Fsp3) is 0.571. The maximum Gasteiger partial charge on any atom is 0.163 e. The van der Waals surface area contributed by atoms with Crippen molar-refractivity contribution >= 4 is 11.4 Å². The highest BCUT2D eigenvalue weighted by atomic mass is 16.6. The first-order chi connectivity index (χ1) is 18.5. The van der Waals surface area contributed by atoms with Gasteiger partial charge in [-0.25, -0.2) is 0 Å². The van der Waals surface area contributed by atoms with Crippen LogP contribution >= 0.6 is 0 Å². The molecule has 0 saturated carbocycles. The minimum Gasteiger partial charge on any atom is -0.487 e. The third kappa shape index (κ3) is 10.4. The van der Waals surface area contributed by atoms with Crippen LogP contribution in [-0.2, 0) is 18.9 Å². The number of nitrogens with zero attached hydrogens (tertiary/aromatic N) is 2. The Kier molecular flexibility index (Phi) is 13.1. The standard InChI is InChI=1S/C28H42N2O8/c1-29(2)23-5-7-25-27(21-23)37-19-15-33-11-9-32-14-18-36-26-8-6-24(30(3)4)22-28(26)38-20-16-34-12-10-31-13-17-35-25/h5-8,21-22H,9-20H2,1-4H3. The Bertz CT molecular complexity index is 866. The molecule has 2 aromatic rings.